The number of rotatable bonds is 6. The van der Waals surface area contributed by atoms with Gasteiger partial charge in [0.2, 0.25) is 11.8 Å². The zero-order valence-electron chi connectivity index (χ0n) is 22.4. The summed E-state index contributed by atoms with van der Waals surface area (Å²) in [6, 6.07) is 3.74. The number of hydrogen-bond donors (Lipinski definition) is 3. The number of nitrogens with one attached hydrogen (secondary N) is 1. The summed E-state index contributed by atoms with van der Waals surface area (Å²) in [5.74, 6) is -2.21. The van der Waals surface area contributed by atoms with E-state index in [1.165, 1.54) is 6.07 Å². The number of piperidine rings is 1. The molecule has 3 aliphatic rings. The molecular weight excluding hydrogens is 490 g/mol. The molecule has 1 unspecified atom stereocenters. The third-order valence-electron chi connectivity index (χ3n) is 7.99. The minimum Gasteiger partial charge on any atom is -0.427 e. The van der Waals surface area contributed by atoms with Crippen molar-refractivity contribution < 1.29 is 28.8 Å². The van der Waals surface area contributed by atoms with Crippen LogP contribution in [-0.4, -0.2) is 88.0 Å². The Morgan fingerprint density at radius 1 is 1.21 bits per heavy atom. The van der Waals surface area contributed by atoms with Gasteiger partial charge in [-0.25, -0.2) is 4.39 Å². The Labute approximate surface area is 223 Å². The standard InChI is InChI=1S/C27H36BFN4O5/c1-17(2)23(30-24(34)21-10-5-7-18(3)22(21)29)25(35)32-13-11-27(12-14-32)26(36)31(4)16-33(27)20-9-6-8-19(15-20)28(37)38/h5-10,17,19,23,37-38H,11-16H2,1-4H3,(H,30,34)/t19?,23-/m1/s1. The lowest BCUT2D eigenvalue weighted by Gasteiger charge is -2.45. The number of halogens is 1. The Balaban J connectivity index is 1.48. The number of likely N-dealkylation sites (tertiary alicyclic amines) is 1. The first-order chi connectivity index (χ1) is 18.0. The van der Waals surface area contributed by atoms with Crippen molar-refractivity contribution in [2.75, 3.05) is 26.8 Å². The molecule has 0 aromatic heterocycles. The molecule has 4 rings (SSSR count). The normalized spacial score (nSPS) is 21.7. The molecular formula is C27H36BFN4O5. The van der Waals surface area contributed by atoms with Gasteiger partial charge in [-0.05, 0) is 49.8 Å². The fraction of sp³-hybridized carbons (Fsp3) is 0.519. The van der Waals surface area contributed by atoms with Crippen molar-refractivity contribution in [3.05, 3.63) is 59.1 Å². The number of aryl methyl sites for hydroxylation is 1. The third-order valence-corrected chi connectivity index (χ3v) is 7.99. The average molecular weight is 526 g/mol. The van der Waals surface area contributed by atoms with Crippen molar-refractivity contribution in [3.63, 3.8) is 0 Å². The molecule has 1 aliphatic carbocycles. The summed E-state index contributed by atoms with van der Waals surface area (Å²) in [5, 5.41) is 22.1. The number of carbonyl (C=O) groups is 3. The fourth-order valence-electron chi connectivity index (χ4n) is 5.67. The topological polar surface area (TPSA) is 113 Å². The van der Waals surface area contributed by atoms with E-state index < -0.39 is 36.2 Å². The molecule has 1 spiro atoms. The van der Waals surface area contributed by atoms with Crippen LogP contribution in [0.4, 0.5) is 4.39 Å². The quantitative estimate of drug-likeness (QED) is 0.487. The van der Waals surface area contributed by atoms with Gasteiger partial charge in [0.15, 0.2) is 0 Å². The van der Waals surface area contributed by atoms with E-state index in [4.69, 9.17) is 0 Å². The smallest absolute Gasteiger partial charge is 0.427 e. The van der Waals surface area contributed by atoms with Crippen LogP contribution in [0, 0.1) is 18.7 Å². The minimum atomic E-state index is -1.49. The first-order valence-electron chi connectivity index (χ1n) is 13.1. The highest BCUT2D eigenvalue weighted by Gasteiger charge is 2.54. The van der Waals surface area contributed by atoms with Crippen LogP contribution in [0.5, 0.6) is 0 Å². The highest BCUT2D eigenvalue weighted by Crippen LogP contribution is 2.41. The van der Waals surface area contributed by atoms with Gasteiger partial charge in [-0.3, -0.25) is 14.4 Å². The molecule has 2 aliphatic heterocycles. The maximum absolute atomic E-state index is 14.5. The van der Waals surface area contributed by atoms with Gasteiger partial charge in [0.05, 0.1) is 12.2 Å². The number of likely N-dealkylation sites (N-methyl/N-ethyl adjacent to an activating group) is 1. The molecule has 1 aromatic carbocycles. The molecule has 9 nitrogen and oxygen atoms in total. The summed E-state index contributed by atoms with van der Waals surface area (Å²) < 4.78 is 14.5. The molecule has 0 bridgehead atoms. The van der Waals surface area contributed by atoms with Crippen molar-refractivity contribution in [3.8, 4) is 0 Å². The highest BCUT2D eigenvalue weighted by atomic mass is 19.1. The van der Waals surface area contributed by atoms with Crippen LogP contribution in [0.25, 0.3) is 0 Å². The van der Waals surface area contributed by atoms with E-state index in [0.29, 0.717) is 44.6 Å². The van der Waals surface area contributed by atoms with E-state index in [1.54, 1.807) is 48.1 Å². The number of hydrogen-bond acceptors (Lipinski definition) is 6. The van der Waals surface area contributed by atoms with Crippen molar-refractivity contribution in [2.24, 2.45) is 5.92 Å². The molecule has 2 heterocycles. The van der Waals surface area contributed by atoms with Crippen LogP contribution >= 0.6 is 0 Å². The van der Waals surface area contributed by atoms with Gasteiger partial charge < -0.3 is 30.1 Å². The summed E-state index contributed by atoms with van der Waals surface area (Å²) in [5.41, 5.74) is 0.285. The molecule has 2 saturated heterocycles. The Morgan fingerprint density at radius 2 is 1.89 bits per heavy atom. The Kier molecular flexibility index (Phi) is 7.99. The van der Waals surface area contributed by atoms with Crippen LogP contribution in [0.2, 0.25) is 5.82 Å². The molecule has 38 heavy (non-hydrogen) atoms. The zero-order chi connectivity index (χ0) is 27.8. The van der Waals surface area contributed by atoms with E-state index in [0.717, 1.165) is 5.70 Å². The predicted octanol–water partition coefficient (Wildman–Crippen LogP) is 1.67. The lowest BCUT2D eigenvalue weighted by molar-refractivity contribution is -0.141. The van der Waals surface area contributed by atoms with Gasteiger partial charge in [-0.15, -0.1) is 0 Å². The highest BCUT2D eigenvalue weighted by molar-refractivity contribution is 6.44. The van der Waals surface area contributed by atoms with Gasteiger partial charge in [-0.2, -0.15) is 0 Å². The van der Waals surface area contributed by atoms with Gasteiger partial charge in [0.25, 0.3) is 5.91 Å². The fourth-order valence-corrected chi connectivity index (χ4v) is 5.67. The van der Waals surface area contributed by atoms with Crippen LogP contribution in [0.1, 0.15) is 49.0 Å². The van der Waals surface area contributed by atoms with E-state index in [1.807, 2.05) is 24.8 Å². The molecule has 0 saturated carbocycles. The van der Waals surface area contributed by atoms with Crippen molar-refractivity contribution in [1.29, 1.82) is 0 Å². The number of carbonyl (C=O) groups excluding carboxylic acids is 3. The van der Waals surface area contributed by atoms with Crippen LogP contribution in [-0.2, 0) is 9.59 Å². The van der Waals surface area contributed by atoms with Gasteiger partial charge >= 0.3 is 7.12 Å². The second kappa shape index (κ2) is 10.9. The number of allylic oxidation sites excluding steroid dienone is 4. The predicted molar refractivity (Wildman–Crippen MR) is 141 cm³/mol. The van der Waals surface area contributed by atoms with Gasteiger partial charge in [-0.1, -0.05) is 38.1 Å². The summed E-state index contributed by atoms with van der Waals surface area (Å²) in [6.07, 6.45) is 6.63. The van der Waals surface area contributed by atoms with E-state index >= 15 is 0 Å². The van der Waals surface area contributed by atoms with E-state index in [-0.39, 0.29) is 23.3 Å². The lowest BCUT2D eigenvalue weighted by atomic mass is 9.68. The Bertz CT molecular complexity index is 1160. The molecule has 1 aromatic rings. The zero-order valence-corrected chi connectivity index (χ0v) is 22.4. The third kappa shape index (κ3) is 5.09. The van der Waals surface area contributed by atoms with Crippen molar-refractivity contribution >= 4 is 24.8 Å². The molecule has 0 radical (unpaired) electrons. The maximum atomic E-state index is 14.5. The molecule has 2 fully saturated rings. The Morgan fingerprint density at radius 3 is 2.53 bits per heavy atom. The molecule has 11 heteroatoms. The monoisotopic (exact) mass is 526 g/mol. The number of amides is 3. The summed E-state index contributed by atoms with van der Waals surface area (Å²) in [4.78, 5) is 45.2. The number of benzene rings is 1. The van der Waals surface area contributed by atoms with E-state index in [2.05, 4.69) is 5.32 Å². The van der Waals surface area contributed by atoms with Crippen molar-refractivity contribution in [2.45, 2.75) is 57.4 Å². The number of nitrogens with zero attached hydrogens (tertiary/aromatic N) is 3. The average Bonchev–Trinajstić information content (AvgIpc) is 3.13. The summed E-state index contributed by atoms with van der Waals surface area (Å²) >= 11 is 0. The summed E-state index contributed by atoms with van der Waals surface area (Å²) in [6.45, 7) is 6.26. The van der Waals surface area contributed by atoms with Crippen molar-refractivity contribution in [1.82, 2.24) is 20.0 Å². The van der Waals surface area contributed by atoms with Gasteiger partial charge in [0, 0.05) is 31.7 Å². The van der Waals surface area contributed by atoms with Gasteiger partial charge in [0.1, 0.15) is 17.4 Å². The largest absolute Gasteiger partial charge is 0.459 e. The molecule has 3 N–H and O–H groups in total. The summed E-state index contributed by atoms with van der Waals surface area (Å²) in [7, 11) is 0.256. The van der Waals surface area contributed by atoms with Crippen LogP contribution < -0.4 is 5.32 Å². The Hall–Kier alpha value is -3.18. The van der Waals surface area contributed by atoms with E-state index in [9.17, 15) is 28.8 Å². The minimum absolute atomic E-state index is 0.0233. The SMILES string of the molecule is Cc1cccc(C(=O)N[C@@H](C(=O)N2CCC3(CC2)C(=O)N(C)CN3C2=CC=CC(B(O)O)C2)C(C)C)c1F. The first kappa shape index (κ1) is 27.8. The second-order valence-corrected chi connectivity index (χ2v) is 10.9. The molecule has 2 atom stereocenters. The molecule has 204 valence electrons. The second-order valence-electron chi connectivity index (χ2n) is 10.9. The molecule has 3 amide bonds. The van der Waals surface area contributed by atoms with Crippen LogP contribution in [0.15, 0.2) is 42.1 Å². The maximum Gasteiger partial charge on any atom is 0.459 e. The van der Waals surface area contributed by atoms with Crippen LogP contribution in [0.3, 0.4) is 0 Å². The lowest BCUT2D eigenvalue weighted by Crippen LogP contribution is -2.59. The first-order valence-corrected chi connectivity index (χ1v) is 13.1.